The molecule has 5 rings (SSSR count). The van der Waals surface area contributed by atoms with E-state index in [0.717, 1.165) is 25.9 Å². The molecule has 3 heteroatoms. The lowest BCUT2D eigenvalue weighted by atomic mass is 9.67. The van der Waals surface area contributed by atoms with Gasteiger partial charge in [0.25, 0.3) is 0 Å². The van der Waals surface area contributed by atoms with Crippen LogP contribution < -0.4 is 0 Å². The zero-order valence-electron chi connectivity index (χ0n) is 18.3. The fourth-order valence-corrected chi connectivity index (χ4v) is 6.69. The van der Waals surface area contributed by atoms with Crippen LogP contribution in [-0.2, 0) is 21.3 Å². The first-order valence-corrected chi connectivity index (χ1v) is 11.9. The van der Waals surface area contributed by atoms with E-state index in [1.54, 1.807) is 0 Å². The monoisotopic (exact) mass is 405 g/mol. The van der Waals surface area contributed by atoms with Gasteiger partial charge in [-0.15, -0.1) is 0 Å². The zero-order valence-corrected chi connectivity index (χ0v) is 18.3. The van der Waals surface area contributed by atoms with Crippen molar-refractivity contribution in [2.75, 3.05) is 13.7 Å². The average Bonchev–Trinajstić information content (AvgIpc) is 3.39. The third-order valence-electron chi connectivity index (χ3n) is 8.17. The molecule has 3 nitrogen and oxygen atoms in total. The summed E-state index contributed by atoms with van der Waals surface area (Å²) in [6, 6.07) is 15.4. The third kappa shape index (κ3) is 3.71. The minimum absolute atomic E-state index is 0.102. The second-order valence-corrected chi connectivity index (χ2v) is 9.84. The van der Waals surface area contributed by atoms with E-state index in [9.17, 15) is 0 Å². The molecule has 30 heavy (non-hydrogen) atoms. The van der Waals surface area contributed by atoms with Crippen LogP contribution in [0.25, 0.3) is 0 Å². The van der Waals surface area contributed by atoms with Crippen LogP contribution in [0.2, 0.25) is 0 Å². The number of aromatic nitrogens is 1. The molecular formula is C27H35NO2. The molecule has 0 N–H and O–H groups in total. The first kappa shape index (κ1) is 20.2. The summed E-state index contributed by atoms with van der Waals surface area (Å²) in [6.45, 7) is 0.879. The minimum Gasteiger partial charge on any atom is -0.380 e. The molecule has 1 spiro atoms. The number of hydrogen-bond donors (Lipinski definition) is 0. The highest BCUT2D eigenvalue weighted by Gasteiger charge is 2.48. The second kappa shape index (κ2) is 8.43. The predicted octanol–water partition coefficient (Wildman–Crippen LogP) is 5.97. The second-order valence-electron chi connectivity index (χ2n) is 9.84. The normalized spacial score (nSPS) is 29.9. The van der Waals surface area contributed by atoms with Crippen molar-refractivity contribution >= 4 is 0 Å². The lowest BCUT2D eigenvalue weighted by Crippen LogP contribution is -2.46. The van der Waals surface area contributed by atoms with E-state index < -0.39 is 0 Å². The molecule has 1 aromatic carbocycles. The fraction of sp³-hybridized carbons (Fsp3) is 0.593. The predicted molar refractivity (Wildman–Crippen MR) is 120 cm³/mol. The fourth-order valence-electron chi connectivity index (χ4n) is 6.69. The maximum absolute atomic E-state index is 6.42. The maximum Gasteiger partial charge on any atom is 0.0691 e. The van der Waals surface area contributed by atoms with Gasteiger partial charge in [-0.3, -0.25) is 4.98 Å². The van der Waals surface area contributed by atoms with Gasteiger partial charge in [0.15, 0.2) is 0 Å². The molecule has 0 amide bonds. The summed E-state index contributed by atoms with van der Waals surface area (Å²) in [5.74, 6) is 0.521. The van der Waals surface area contributed by atoms with E-state index in [-0.39, 0.29) is 11.0 Å². The first-order valence-electron chi connectivity index (χ1n) is 11.9. The van der Waals surface area contributed by atoms with E-state index in [0.29, 0.717) is 12.0 Å². The van der Waals surface area contributed by atoms with Gasteiger partial charge in [-0.05, 0) is 68.2 Å². The summed E-state index contributed by atoms with van der Waals surface area (Å²) in [6.07, 6.45) is 14.3. The zero-order chi connectivity index (χ0) is 20.4. The van der Waals surface area contributed by atoms with Crippen molar-refractivity contribution in [3.8, 4) is 0 Å². The smallest absolute Gasteiger partial charge is 0.0691 e. The van der Waals surface area contributed by atoms with Crippen LogP contribution in [0.5, 0.6) is 0 Å². The molecule has 0 unspecified atom stereocenters. The lowest BCUT2D eigenvalue weighted by Gasteiger charge is -2.46. The standard InChI is InChI=1S/C27H35NO2/c1-29-24-19-21-9-2-3-10-22(21)23(24)11-8-13-26(25-12-4-7-17-28-25)16-18-30-27(20-26)14-5-6-15-27/h2-4,7,9-10,12,17,23-24H,5-6,8,11,13-16,18-20H2,1H3/t23-,24-,26-/m1/s1. The molecule has 0 bridgehead atoms. The van der Waals surface area contributed by atoms with Gasteiger partial charge in [-0.1, -0.05) is 49.6 Å². The number of ether oxygens (including phenoxy) is 2. The van der Waals surface area contributed by atoms with Gasteiger partial charge in [0.05, 0.1) is 11.7 Å². The number of fused-ring (bicyclic) bond motifs is 1. The molecule has 160 valence electrons. The van der Waals surface area contributed by atoms with Crippen LogP contribution in [0.15, 0.2) is 48.7 Å². The number of pyridine rings is 1. The van der Waals surface area contributed by atoms with Gasteiger partial charge >= 0.3 is 0 Å². The molecular weight excluding hydrogens is 370 g/mol. The van der Waals surface area contributed by atoms with Gasteiger partial charge in [0.2, 0.25) is 0 Å². The highest BCUT2D eigenvalue weighted by atomic mass is 16.5. The summed E-state index contributed by atoms with van der Waals surface area (Å²) in [5.41, 5.74) is 4.53. The Morgan fingerprint density at radius 1 is 1.07 bits per heavy atom. The molecule has 1 saturated heterocycles. The molecule has 1 aliphatic heterocycles. The van der Waals surface area contributed by atoms with E-state index in [1.807, 2.05) is 19.4 Å². The van der Waals surface area contributed by atoms with Crippen molar-refractivity contribution in [2.24, 2.45) is 0 Å². The molecule has 2 aliphatic carbocycles. The molecule has 3 aliphatic rings. The first-order chi connectivity index (χ1) is 14.7. The van der Waals surface area contributed by atoms with Crippen LogP contribution >= 0.6 is 0 Å². The average molecular weight is 406 g/mol. The number of hydrogen-bond acceptors (Lipinski definition) is 3. The third-order valence-corrected chi connectivity index (χ3v) is 8.17. The van der Waals surface area contributed by atoms with Gasteiger partial charge in [0.1, 0.15) is 0 Å². The van der Waals surface area contributed by atoms with Gasteiger partial charge < -0.3 is 9.47 Å². The van der Waals surface area contributed by atoms with Crippen molar-refractivity contribution in [1.82, 2.24) is 4.98 Å². The quantitative estimate of drug-likeness (QED) is 0.593. The highest BCUT2D eigenvalue weighted by molar-refractivity contribution is 5.37. The van der Waals surface area contributed by atoms with Crippen LogP contribution in [0.4, 0.5) is 0 Å². The topological polar surface area (TPSA) is 31.4 Å². The van der Waals surface area contributed by atoms with Crippen molar-refractivity contribution in [3.05, 3.63) is 65.5 Å². The number of nitrogens with zero attached hydrogens (tertiary/aromatic N) is 1. The molecule has 2 fully saturated rings. The highest BCUT2D eigenvalue weighted by Crippen LogP contribution is 2.51. The Morgan fingerprint density at radius 2 is 1.90 bits per heavy atom. The SMILES string of the molecule is CO[C@@H]1Cc2ccccc2[C@H]1CCC[C@@]1(c2ccccn2)CCOC2(CCCC2)C1. The lowest BCUT2D eigenvalue weighted by molar-refractivity contribution is -0.105. The molecule has 2 heterocycles. The summed E-state index contributed by atoms with van der Waals surface area (Å²) < 4.78 is 12.3. The van der Waals surface area contributed by atoms with Crippen LogP contribution in [0.1, 0.15) is 80.5 Å². The summed E-state index contributed by atoms with van der Waals surface area (Å²) in [7, 11) is 1.88. The molecule has 0 radical (unpaired) electrons. The summed E-state index contributed by atoms with van der Waals surface area (Å²) >= 11 is 0. The summed E-state index contributed by atoms with van der Waals surface area (Å²) in [4.78, 5) is 4.87. The molecule has 3 atom stereocenters. The van der Waals surface area contributed by atoms with E-state index in [4.69, 9.17) is 14.5 Å². The Hall–Kier alpha value is -1.71. The van der Waals surface area contributed by atoms with E-state index in [2.05, 4.69) is 36.4 Å². The van der Waals surface area contributed by atoms with Crippen LogP contribution in [0.3, 0.4) is 0 Å². The van der Waals surface area contributed by atoms with Crippen molar-refractivity contribution in [3.63, 3.8) is 0 Å². The number of benzene rings is 1. The Bertz CT molecular complexity index is 845. The minimum atomic E-state index is 0.102. The largest absolute Gasteiger partial charge is 0.380 e. The van der Waals surface area contributed by atoms with Gasteiger partial charge in [-0.2, -0.15) is 0 Å². The Labute approximate surface area is 181 Å². The van der Waals surface area contributed by atoms with Crippen molar-refractivity contribution < 1.29 is 9.47 Å². The van der Waals surface area contributed by atoms with Crippen LogP contribution in [-0.4, -0.2) is 30.4 Å². The van der Waals surface area contributed by atoms with Gasteiger partial charge in [-0.25, -0.2) is 0 Å². The summed E-state index contributed by atoms with van der Waals surface area (Å²) in [5, 5.41) is 0. The van der Waals surface area contributed by atoms with E-state index >= 15 is 0 Å². The molecule has 2 aromatic rings. The Kier molecular flexibility index (Phi) is 5.68. The van der Waals surface area contributed by atoms with E-state index in [1.165, 1.54) is 61.8 Å². The maximum atomic E-state index is 6.42. The van der Waals surface area contributed by atoms with Gasteiger partial charge in [0, 0.05) is 36.9 Å². The Morgan fingerprint density at radius 3 is 2.70 bits per heavy atom. The van der Waals surface area contributed by atoms with Crippen molar-refractivity contribution in [2.45, 2.75) is 87.2 Å². The number of methoxy groups -OCH3 is 1. The van der Waals surface area contributed by atoms with Crippen molar-refractivity contribution in [1.29, 1.82) is 0 Å². The molecule has 1 aromatic heterocycles. The molecule has 1 saturated carbocycles. The Balaban J connectivity index is 1.35. The number of rotatable bonds is 6. The van der Waals surface area contributed by atoms with Crippen LogP contribution in [0, 0.1) is 0 Å².